The fourth-order valence-electron chi connectivity index (χ4n) is 0.916. The molecule has 3 nitrogen and oxygen atoms in total. The van der Waals surface area contributed by atoms with Crippen LogP contribution in [0.3, 0.4) is 0 Å². The first-order valence-electron chi connectivity index (χ1n) is 3.05. The lowest BCUT2D eigenvalue weighted by Gasteiger charge is -2.22. The second kappa shape index (κ2) is 2.75. The van der Waals surface area contributed by atoms with Crippen LogP contribution in [-0.4, -0.2) is 24.3 Å². The van der Waals surface area contributed by atoms with Gasteiger partial charge in [-0.15, -0.1) is 4.91 Å². The lowest BCUT2D eigenvalue weighted by atomic mass is 10.1. The van der Waals surface area contributed by atoms with E-state index in [2.05, 4.69) is 5.29 Å². The lowest BCUT2D eigenvalue weighted by molar-refractivity contribution is 0.153. The minimum Gasteiger partial charge on any atom is -0.261 e. The third-order valence-corrected chi connectivity index (χ3v) is 1.52. The van der Waals surface area contributed by atoms with Crippen molar-refractivity contribution in [3.05, 3.63) is 4.91 Å². The van der Waals surface area contributed by atoms with Gasteiger partial charge in [-0.25, -0.2) is 4.39 Å². The third kappa shape index (κ3) is 1.62. The molecular weight excluding hydrogens is 123 g/mol. The lowest BCUT2D eigenvalue weighted by Crippen LogP contribution is -2.29. The van der Waals surface area contributed by atoms with Gasteiger partial charge in [0.15, 0.2) is 0 Å². The van der Waals surface area contributed by atoms with Crippen molar-refractivity contribution in [2.45, 2.75) is 19.0 Å². The fraction of sp³-hybridized carbons (Fsp3) is 1.00. The van der Waals surface area contributed by atoms with Crippen molar-refractivity contribution in [2.75, 3.05) is 13.1 Å². The van der Waals surface area contributed by atoms with Crippen LogP contribution in [0.2, 0.25) is 0 Å². The highest BCUT2D eigenvalue weighted by atomic mass is 19.1. The molecular formula is C5H9FN2O. The molecule has 1 heterocycles. The zero-order valence-corrected chi connectivity index (χ0v) is 5.09. The summed E-state index contributed by atoms with van der Waals surface area (Å²) >= 11 is 0. The molecule has 4 heteroatoms. The van der Waals surface area contributed by atoms with Crippen molar-refractivity contribution >= 4 is 0 Å². The molecule has 0 spiro atoms. The summed E-state index contributed by atoms with van der Waals surface area (Å²) < 4.78 is 12.3. The molecule has 1 aliphatic heterocycles. The van der Waals surface area contributed by atoms with E-state index in [1.165, 1.54) is 5.01 Å². The van der Waals surface area contributed by atoms with Crippen LogP contribution < -0.4 is 0 Å². The Kier molecular flexibility index (Phi) is 1.97. The highest BCUT2D eigenvalue weighted by molar-refractivity contribution is 4.67. The van der Waals surface area contributed by atoms with Gasteiger partial charge in [0, 0.05) is 13.1 Å². The van der Waals surface area contributed by atoms with Crippen LogP contribution in [0.1, 0.15) is 12.8 Å². The summed E-state index contributed by atoms with van der Waals surface area (Å²) in [6.45, 7) is 0.954. The number of alkyl halides is 1. The molecule has 1 fully saturated rings. The van der Waals surface area contributed by atoms with Crippen molar-refractivity contribution in [3.8, 4) is 0 Å². The maximum absolute atomic E-state index is 12.3. The predicted octanol–water partition coefficient (Wildman–Crippen LogP) is 1.10. The Morgan fingerprint density at radius 1 is 1.44 bits per heavy atom. The van der Waals surface area contributed by atoms with Crippen LogP contribution in [0.4, 0.5) is 4.39 Å². The maximum atomic E-state index is 12.3. The first-order valence-corrected chi connectivity index (χ1v) is 3.05. The highest BCUT2D eigenvalue weighted by Crippen LogP contribution is 2.12. The van der Waals surface area contributed by atoms with E-state index in [1.807, 2.05) is 0 Å². The van der Waals surface area contributed by atoms with Gasteiger partial charge < -0.3 is 0 Å². The summed E-state index contributed by atoms with van der Waals surface area (Å²) in [6.07, 6.45) is 0.181. The van der Waals surface area contributed by atoms with E-state index in [0.29, 0.717) is 25.9 Å². The van der Waals surface area contributed by atoms with Crippen LogP contribution in [0.25, 0.3) is 0 Å². The van der Waals surface area contributed by atoms with Gasteiger partial charge in [-0.3, -0.25) is 5.01 Å². The summed E-state index contributed by atoms with van der Waals surface area (Å²) in [4.78, 5) is 9.82. The van der Waals surface area contributed by atoms with Crippen LogP contribution in [-0.2, 0) is 0 Å². The summed E-state index contributed by atoms with van der Waals surface area (Å²) in [7, 11) is 0. The Hall–Kier alpha value is -0.670. The zero-order valence-electron chi connectivity index (χ0n) is 5.09. The van der Waals surface area contributed by atoms with E-state index in [1.54, 1.807) is 0 Å². The molecule has 0 atom stereocenters. The Balaban J connectivity index is 2.26. The fourth-order valence-corrected chi connectivity index (χ4v) is 0.916. The average Bonchev–Trinajstić information content (AvgIpc) is 1.90. The maximum Gasteiger partial charge on any atom is 0.104 e. The van der Waals surface area contributed by atoms with Gasteiger partial charge in [-0.2, -0.15) is 0 Å². The number of rotatable bonds is 1. The largest absolute Gasteiger partial charge is 0.261 e. The second-order valence-electron chi connectivity index (χ2n) is 2.21. The number of piperidine rings is 1. The average molecular weight is 132 g/mol. The monoisotopic (exact) mass is 132 g/mol. The first-order chi connectivity index (χ1) is 4.33. The number of hydrogen-bond donors (Lipinski definition) is 0. The van der Waals surface area contributed by atoms with E-state index >= 15 is 0 Å². The smallest absolute Gasteiger partial charge is 0.104 e. The number of halogens is 1. The molecule has 0 aromatic carbocycles. The molecule has 52 valence electrons. The molecule has 0 aliphatic carbocycles. The van der Waals surface area contributed by atoms with Crippen molar-refractivity contribution in [1.29, 1.82) is 0 Å². The number of nitroso groups, excluding NO2 is 1. The van der Waals surface area contributed by atoms with Crippen molar-refractivity contribution < 1.29 is 4.39 Å². The van der Waals surface area contributed by atoms with E-state index in [-0.39, 0.29) is 0 Å². The van der Waals surface area contributed by atoms with Crippen molar-refractivity contribution in [2.24, 2.45) is 5.29 Å². The van der Waals surface area contributed by atoms with Gasteiger partial charge in [0.2, 0.25) is 0 Å². The summed E-state index contributed by atoms with van der Waals surface area (Å²) in [5.41, 5.74) is 0. The summed E-state index contributed by atoms with van der Waals surface area (Å²) in [5, 5.41) is 4.06. The molecule has 0 bridgehead atoms. The van der Waals surface area contributed by atoms with Crippen LogP contribution in [0.5, 0.6) is 0 Å². The summed E-state index contributed by atoms with van der Waals surface area (Å²) in [5.74, 6) is 0. The van der Waals surface area contributed by atoms with Gasteiger partial charge in [-0.05, 0) is 12.8 Å². The van der Waals surface area contributed by atoms with Crippen LogP contribution >= 0.6 is 0 Å². The highest BCUT2D eigenvalue weighted by Gasteiger charge is 2.16. The Morgan fingerprint density at radius 3 is 2.44 bits per heavy atom. The molecule has 9 heavy (non-hydrogen) atoms. The Morgan fingerprint density at radius 2 is 2.00 bits per heavy atom. The minimum absolute atomic E-state index is 0.450. The molecule has 1 aliphatic rings. The van der Waals surface area contributed by atoms with Gasteiger partial charge >= 0.3 is 0 Å². The SMILES string of the molecule is O=NN1CCC(F)CC1. The first kappa shape index (κ1) is 6.45. The third-order valence-electron chi connectivity index (χ3n) is 1.52. The van der Waals surface area contributed by atoms with E-state index in [9.17, 15) is 9.30 Å². The number of hydrogen-bond acceptors (Lipinski definition) is 2. The zero-order chi connectivity index (χ0) is 6.69. The topological polar surface area (TPSA) is 32.7 Å². The van der Waals surface area contributed by atoms with Gasteiger partial charge in [0.25, 0.3) is 0 Å². The summed E-state index contributed by atoms with van der Waals surface area (Å²) in [6, 6.07) is 0. The van der Waals surface area contributed by atoms with Crippen LogP contribution in [0, 0.1) is 4.91 Å². The molecule has 0 aromatic rings. The molecule has 0 amide bonds. The van der Waals surface area contributed by atoms with Gasteiger partial charge in [-0.1, -0.05) is 0 Å². The normalized spacial score (nSPS) is 22.1. The molecule has 0 unspecified atom stereocenters. The second-order valence-corrected chi connectivity index (χ2v) is 2.21. The van der Waals surface area contributed by atoms with Crippen molar-refractivity contribution in [1.82, 2.24) is 5.01 Å². The van der Waals surface area contributed by atoms with E-state index in [0.717, 1.165) is 0 Å². The van der Waals surface area contributed by atoms with E-state index in [4.69, 9.17) is 0 Å². The van der Waals surface area contributed by atoms with Crippen LogP contribution in [0.15, 0.2) is 5.29 Å². The predicted molar refractivity (Wildman–Crippen MR) is 31.5 cm³/mol. The number of nitrogens with zero attached hydrogens (tertiary/aromatic N) is 2. The van der Waals surface area contributed by atoms with Crippen molar-refractivity contribution in [3.63, 3.8) is 0 Å². The molecule has 1 saturated heterocycles. The standard InChI is InChI=1S/C5H9FN2O/c6-5-1-3-8(7-9)4-2-5/h5H,1-4H2. The Bertz CT molecular complexity index is 101. The van der Waals surface area contributed by atoms with Gasteiger partial charge in [0.1, 0.15) is 6.17 Å². The minimum atomic E-state index is -0.719. The molecule has 0 radical (unpaired) electrons. The quantitative estimate of drug-likeness (QED) is 0.500. The molecule has 0 saturated carbocycles. The molecule has 0 aromatic heterocycles. The molecule has 1 rings (SSSR count). The van der Waals surface area contributed by atoms with Gasteiger partial charge in [0.05, 0.1) is 5.29 Å². The van der Waals surface area contributed by atoms with E-state index < -0.39 is 6.17 Å². The molecule has 0 N–H and O–H groups in total. The Labute approximate surface area is 52.8 Å².